The average Bonchev–Trinajstić information content (AvgIpc) is 2.59. The van der Waals surface area contributed by atoms with Gasteiger partial charge < -0.3 is 10.4 Å². The first-order chi connectivity index (χ1) is 7.49. The summed E-state index contributed by atoms with van der Waals surface area (Å²) in [7, 11) is 0. The summed E-state index contributed by atoms with van der Waals surface area (Å²) in [5.74, 6) is 0.898. The van der Waals surface area contributed by atoms with Crippen molar-refractivity contribution in [1.82, 2.24) is 4.98 Å². The molecule has 2 aromatic heterocycles. The van der Waals surface area contributed by atoms with Gasteiger partial charge in [0.1, 0.15) is 5.82 Å². The van der Waals surface area contributed by atoms with E-state index in [0.717, 1.165) is 20.8 Å². The van der Waals surface area contributed by atoms with Crippen LogP contribution in [0.15, 0.2) is 18.3 Å². The Hall–Kier alpha value is -1.13. The van der Waals surface area contributed by atoms with E-state index in [1.54, 1.807) is 17.5 Å². The Morgan fingerprint density at radius 2 is 2.19 bits per heavy atom. The molecule has 4 heteroatoms. The standard InChI is InChI=1S/C12H16N2OS/c1-12(2,3)14-11-10-8(4-5-13-11)6-9(7-15)16-10/h4-6,15H,7H2,1-3H3,(H,13,14). The van der Waals surface area contributed by atoms with E-state index >= 15 is 0 Å². The molecule has 0 aliphatic heterocycles. The highest BCUT2D eigenvalue weighted by molar-refractivity contribution is 7.19. The van der Waals surface area contributed by atoms with Crippen molar-refractivity contribution >= 4 is 27.2 Å². The minimum absolute atomic E-state index is 0.00927. The number of anilines is 1. The quantitative estimate of drug-likeness (QED) is 0.842. The normalized spacial score (nSPS) is 12.0. The van der Waals surface area contributed by atoms with E-state index in [-0.39, 0.29) is 12.1 Å². The summed E-state index contributed by atoms with van der Waals surface area (Å²) in [4.78, 5) is 5.33. The first-order valence-corrected chi connectivity index (χ1v) is 6.08. The third-order valence-electron chi connectivity index (χ3n) is 2.13. The second kappa shape index (κ2) is 4.03. The fraction of sp³-hybridized carbons (Fsp3) is 0.417. The van der Waals surface area contributed by atoms with Crippen LogP contribution in [0.5, 0.6) is 0 Å². The van der Waals surface area contributed by atoms with Crippen LogP contribution < -0.4 is 5.32 Å². The van der Waals surface area contributed by atoms with Gasteiger partial charge in [-0.05, 0) is 38.3 Å². The van der Waals surface area contributed by atoms with E-state index in [0.29, 0.717) is 0 Å². The van der Waals surface area contributed by atoms with Crippen LogP contribution in [0.1, 0.15) is 25.6 Å². The minimum atomic E-state index is -0.00927. The van der Waals surface area contributed by atoms with Crippen molar-refractivity contribution in [2.45, 2.75) is 32.9 Å². The SMILES string of the molecule is CC(C)(C)Nc1nccc2cc(CO)sc12. The fourth-order valence-corrected chi connectivity index (χ4v) is 2.50. The molecular formula is C12H16N2OS. The number of aromatic nitrogens is 1. The Kier molecular flexibility index (Phi) is 2.86. The summed E-state index contributed by atoms with van der Waals surface area (Å²) < 4.78 is 1.11. The molecule has 0 amide bonds. The highest BCUT2D eigenvalue weighted by atomic mass is 32.1. The zero-order valence-corrected chi connectivity index (χ0v) is 10.6. The van der Waals surface area contributed by atoms with E-state index in [1.165, 1.54) is 0 Å². The average molecular weight is 236 g/mol. The number of nitrogens with zero attached hydrogens (tertiary/aromatic N) is 1. The van der Waals surface area contributed by atoms with Crippen molar-refractivity contribution in [3.05, 3.63) is 23.2 Å². The first-order valence-electron chi connectivity index (χ1n) is 5.26. The topological polar surface area (TPSA) is 45.2 Å². The van der Waals surface area contributed by atoms with Crippen molar-refractivity contribution < 1.29 is 5.11 Å². The van der Waals surface area contributed by atoms with Crippen molar-refractivity contribution in [1.29, 1.82) is 0 Å². The maximum Gasteiger partial charge on any atom is 0.144 e. The lowest BCUT2D eigenvalue weighted by Crippen LogP contribution is -2.26. The van der Waals surface area contributed by atoms with Gasteiger partial charge in [0.15, 0.2) is 0 Å². The molecule has 0 radical (unpaired) electrons. The molecular weight excluding hydrogens is 220 g/mol. The molecule has 0 saturated heterocycles. The Balaban J connectivity index is 2.48. The Morgan fingerprint density at radius 1 is 1.44 bits per heavy atom. The highest BCUT2D eigenvalue weighted by Crippen LogP contribution is 2.31. The lowest BCUT2D eigenvalue weighted by molar-refractivity contribution is 0.285. The van der Waals surface area contributed by atoms with Crippen LogP contribution in [0.3, 0.4) is 0 Å². The molecule has 0 saturated carbocycles. The van der Waals surface area contributed by atoms with Gasteiger partial charge >= 0.3 is 0 Å². The number of aliphatic hydroxyl groups excluding tert-OH is 1. The molecule has 2 rings (SSSR count). The van der Waals surface area contributed by atoms with Crippen LogP contribution in [0.4, 0.5) is 5.82 Å². The van der Waals surface area contributed by atoms with Gasteiger partial charge in [-0.2, -0.15) is 0 Å². The zero-order valence-electron chi connectivity index (χ0n) is 9.74. The summed E-state index contributed by atoms with van der Waals surface area (Å²) in [6.07, 6.45) is 1.80. The number of hydrogen-bond acceptors (Lipinski definition) is 4. The minimum Gasteiger partial charge on any atom is -0.391 e. The summed E-state index contributed by atoms with van der Waals surface area (Å²) in [6.45, 7) is 6.41. The monoisotopic (exact) mass is 236 g/mol. The van der Waals surface area contributed by atoms with Crippen LogP contribution in [0.25, 0.3) is 10.1 Å². The predicted molar refractivity (Wildman–Crippen MR) is 68.9 cm³/mol. The van der Waals surface area contributed by atoms with E-state index in [1.807, 2.05) is 12.1 Å². The van der Waals surface area contributed by atoms with Crippen molar-refractivity contribution in [3.8, 4) is 0 Å². The number of nitrogens with one attached hydrogen (secondary N) is 1. The number of rotatable bonds is 2. The molecule has 2 aromatic rings. The van der Waals surface area contributed by atoms with E-state index in [4.69, 9.17) is 5.11 Å². The summed E-state index contributed by atoms with van der Waals surface area (Å²) >= 11 is 1.59. The van der Waals surface area contributed by atoms with E-state index in [2.05, 4.69) is 31.1 Å². The molecule has 0 aliphatic rings. The summed E-state index contributed by atoms with van der Waals surface area (Å²) in [5, 5.41) is 13.6. The Bertz CT molecular complexity index is 499. The summed E-state index contributed by atoms with van der Waals surface area (Å²) in [6, 6.07) is 3.98. The van der Waals surface area contributed by atoms with E-state index < -0.39 is 0 Å². The molecule has 0 fully saturated rings. The first kappa shape index (κ1) is 11.4. The molecule has 0 bridgehead atoms. The molecule has 0 aromatic carbocycles. The summed E-state index contributed by atoms with van der Waals surface area (Å²) in [5.41, 5.74) is -0.00927. The molecule has 0 spiro atoms. The molecule has 16 heavy (non-hydrogen) atoms. The molecule has 2 heterocycles. The second-order valence-electron chi connectivity index (χ2n) is 4.82. The number of thiophene rings is 1. The van der Waals surface area contributed by atoms with E-state index in [9.17, 15) is 0 Å². The van der Waals surface area contributed by atoms with Gasteiger partial charge in [0.05, 0.1) is 11.3 Å². The molecule has 0 aliphatic carbocycles. The lowest BCUT2D eigenvalue weighted by Gasteiger charge is -2.21. The number of pyridine rings is 1. The lowest BCUT2D eigenvalue weighted by atomic mass is 10.1. The van der Waals surface area contributed by atoms with Gasteiger partial charge in [-0.3, -0.25) is 0 Å². The van der Waals surface area contributed by atoms with Crippen molar-refractivity contribution in [3.63, 3.8) is 0 Å². The number of aliphatic hydroxyl groups is 1. The number of hydrogen-bond donors (Lipinski definition) is 2. The third kappa shape index (κ3) is 2.33. The van der Waals surface area contributed by atoms with Gasteiger partial charge in [0, 0.05) is 16.6 Å². The smallest absolute Gasteiger partial charge is 0.144 e. The van der Waals surface area contributed by atoms with Crippen LogP contribution in [0.2, 0.25) is 0 Å². The Morgan fingerprint density at radius 3 is 2.81 bits per heavy atom. The van der Waals surface area contributed by atoms with Crippen molar-refractivity contribution in [2.75, 3.05) is 5.32 Å². The largest absolute Gasteiger partial charge is 0.391 e. The molecule has 3 nitrogen and oxygen atoms in total. The van der Waals surface area contributed by atoms with Gasteiger partial charge in [-0.15, -0.1) is 11.3 Å². The molecule has 2 N–H and O–H groups in total. The fourth-order valence-electron chi connectivity index (χ4n) is 1.54. The van der Waals surface area contributed by atoms with Gasteiger partial charge in [0.2, 0.25) is 0 Å². The van der Waals surface area contributed by atoms with Crippen LogP contribution >= 0.6 is 11.3 Å². The van der Waals surface area contributed by atoms with Gasteiger partial charge in [-0.1, -0.05) is 0 Å². The van der Waals surface area contributed by atoms with Gasteiger partial charge in [0.25, 0.3) is 0 Å². The highest BCUT2D eigenvalue weighted by Gasteiger charge is 2.13. The maximum atomic E-state index is 9.13. The molecule has 86 valence electrons. The molecule has 0 unspecified atom stereocenters. The molecule has 0 atom stereocenters. The third-order valence-corrected chi connectivity index (χ3v) is 3.28. The Labute approximate surface area is 99.1 Å². The zero-order chi connectivity index (χ0) is 11.8. The number of fused-ring (bicyclic) bond motifs is 1. The van der Waals surface area contributed by atoms with Crippen LogP contribution in [-0.2, 0) is 6.61 Å². The van der Waals surface area contributed by atoms with Gasteiger partial charge in [-0.25, -0.2) is 4.98 Å². The second-order valence-corrected chi connectivity index (χ2v) is 5.96. The maximum absolute atomic E-state index is 9.13. The van der Waals surface area contributed by atoms with Crippen molar-refractivity contribution in [2.24, 2.45) is 0 Å². The van der Waals surface area contributed by atoms with Crippen LogP contribution in [0, 0.1) is 0 Å². The predicted octanol–water partition coefficient (Wildman–Crippen LogP) is 3.00. The van der Waals surface area contributed by atoms with Crippen LogP contribution in [-0.4, -0.2) is 15.6 Å².